The molecule has 0 amide bonds. The molecule has 8 nitrogen and oxygen atoms in total. The van der Waals surface area contributed by atoms with Crippen molar-refractivity contribution in [2.75, 3.05) is 20.2 Å². The number of aromatic nitrogens is 2. The van der Waals surface area contributed by atoms with Gasteiger partial charge >= 0.3 is 5.97 Å². The van der Waals surface area contributed by atoms with E-state index in [-0.39, 0.29) is 31.0 Å². The molecule has 1 heterocycles. The van der Waals surface area contributed by atoms with E-state index in [2.05, 4.69) is 5.10 Å². The van der Waals surface area contributed by atoms with Crippen LogP contribution in [-0.2, 0) is 21.4 Å². The Morgan fingerprint density at radius 1 is 1.53 bits per heavy atom. The first kappa shape index (κ1) is 15.6. The van der Waals surface area contributed by atoms with E-state index >= 15 is 0 Å². The van der Waals surface area contributed by atoms with Crippen LogP contribution in [0.3, 0.4) is 0 Å². The standard InChI is InChI=1S/C10H17N3O5S/c1-12(4-2-6-14)19(17,18)9-7-11-13(8-9)5-3-10(15)16/h7-8,14H,2-6H2,1H3,(H,15,16). The number of aliphatic hydroxyl groups is 1. The van der Waals surface area contributed by atoms with Crippen LogP contribution in [0.5, 0.6) is 0 Å². The molecular weight excluding hydrogens is 274 g/mol. The van der Waals surface area contributed by atoms with Crippen molar-refractivity contribution in [1.29, 1.82) is 0 Å². The molecule has 9 heteroatoms. The van der Waals surface area contributed by atoms with E-state index < -0.39 is 16.0 Å². The zero-order valence-electron chi connectivity index (χ0n) is 10.6. The maximum Gasteiger partial charge on any atom is 0.305 e. The Morgan fingerprint density at radius 3 is 2.79 bits per heavy atom. The van der Waals surface area contributed by atoms with Crippen molar-refractivity contribution in [2.24, 2.45) is 0 Å². The molecule has 0 saturated heterocycles. The van der Waals surface area contributed by atoms with Gasteiger partial charge in [-0.05, 0) is 6.42 Å². The van der Waals surface area contributed by atoms with Crippen molar-refractivity contribution in [3.8, 4) is 0 Å². The fraction of sp³-hybridized carbons (Fsp3) is 0.600. The smallest absolute Gasteiger partial charge is 0.305 e. The van der Waals surface area contributed by atoms with Gasteiger partial charge in [0.05, 0.1) is 19.2 Å². The molecule has 0 bridgehead atoms. The van der Waals surface area contributed by atoms with E-state index in [0.717, 1.165) is 4.31 Å². The van der Waals surface area contributed by atoms with Crippen molar-refractivity contribution in [1.82, 2.24) is 14.1 Å². The molecule has 108 valence electrons. The van der Waals surface area contributed by atoms with Crippen LogP contribution in [0, 0.1) is 0 Å². The molecule has 1 rings (SSSR count). The Labute approximate surface area is 111 Å². The van der Waals surface area contributed by atoms with Crippen LogP contribution in [0.1, 0.15) is 12.8 Å². The predicted molar refractivity (Wildman–Crippen MR) is 66.0 cm³/mol. The molecule has 0 aliphatic heterocycles. The Hall–Kier alpha value is -1.45. The SMILES string of the molecule is CN(CCCO)S(=O)(=O)c1cnn(CCC(=O)O)c1. The van der Waals surface area contributed by atoms with Crippen molar-refractivity contribution < 1.29 is 23.4 Å². The molecule has 0 radical (unpaired) electrons. The second kappa shape index (κ2) is 6.64. The fourth-order valence-corrected chi connectivity index (χ4v) is 2.57. The van der Waals surface area contributed by atoms with Crippen LogP contribution in [0.15, 0.2) is 17.3 Å². The molecule has 0 fully saturated rings. The Balaban J connectivity index is 2.76. The highest BCUT2D eigenvalue weighted by molar-refractivity contribution is 7.89. The summed E-state index contributed by atoms with van der Waals surface area (Å²) in [5.41, 5.74) is 0. The molecule has 2 N–H and O–H groups in total. The minimum atomic E-state index is -3.64. The van der Waals surface area contributed by atoms with E-state index in [1.165, 1.54) is 24.1 Å². The molecule has 0 aliphatic rings. The third-order valence-corrected chi connectivity index (χ3v) is 4.31. The number of hydrogen-bond donors (Lipinski definition) is 2. The largest absolute Gasteiger partial charge is 0.481 e. The van der Waals surface area contributed by atoms with E-state index in [1.807, 2.05) is 0 Å². The van der Waals surface area contributed by atoms with E-state index in [1.54, 1.807) is 0 Å². The van der Waals surface area contributed by atoms with Crippen LogP contribution >= 0.6 is 0 Å². The number of sulfonamides is 1. The van der Waals surface area contributed by atoms with Crippen LogP contribution < -0.4 is 0 Å². The molecule has 1 aromatic rings. The van der Waals surface area contributed by atoms with Gasteiger partial charge in [-0.2, -0.15) is 5.10 Å². The second-order valence-electron chi connectivity index (χ2n) is 3.99. The third-order valence-electron chi connectivity index (χ3n) is 2.50. The minimum absolute atomic E-state index is 0.0123. The minimum Gasteiger partial charge on any atom is -0.481 e. The number of carboxylic acids is 1. The highest BCUT2D eigenvalue weighted by Crippen LogP contribution is 2.13. The molecule has 1 aromatic heterocycles. The van der Waals surface area contributed by atoms with Gasteiger partial charge in [0.2, 0.25) is 10.0 Å². The monoisotopic (exact) mass is 291 g/mol. The molecule has 0 aromatic carbocycles. The van der Waals surface area contributed by atoms with Crippen LogP contribution in [-0.4, -0.2) is 58.9 Å². The molecule has 19 heavy (non-hydrogen) atoms. The lowest BCUT2D eigenvalue weighted by atomic mass is 10.4. The highest BCUT2D eigenvalue weighted by Gasteiger charge is 2.22. The number of nitrogens with zero attached hydrogens (tertiary/aromatic N) is 3. The lowest BCUT2D eigenvalue weighted by molar-refractivity contribution is -0.137. The van der Waals surface area contributed by atoms with Gasteiger partial charge in [-0.15, -0.1) is 0 Å². The second-order valence-corrected chi connectivity index (χ2v) is 6.03. The Bertz CT molecular complexity index is 525. The van der Waals surface area contributed by atoms with E-state index in [4.69, 9.17) is 10.2 Å². The van der Waals surface area contributed by atoms with E-state index in [0.29, 0.717) is 6.42 Å². The van der Waals surface area contributed by atoms with Gasteiger partial charge in [0.15, 0.2) is 0 Å². The van der Waals surface area contributed by atoms with Gasteiger partial charge < -0.3 is 10.2 Å². The van der Waals surface area contributed by atoms with E-state index in [9.17, 15) is 13.2 Å². The molecule has 0 saturated carbocycles. The first-order valence-electron chi connectivity index (χ1n) is 5.69. The Morgan fingerprint density at radius 2 is 2.21 bits per heavy atom. The number of aliphatic hydroxyl groups excluding tert-OH is 1. The van der Waals surface area contributed by atoms with Gasteiger partial charge in [0, 0.05) is 26.4 Å². The van der Waals surface area contributed by atoms with Crippen molar-refractivity contribution in [2.45, 2.75) is 24.3 Å². The zero-order chi connectivity index (χ0) is 14.5. The first-order chi connectivity index (χ1) is 8.87. The van der Waals surface area contributed by atoms with Crippen LogP contribution in [0.4, 0.5) is 0 Å². The summed E-state index contributed by atoms with van der Waals surface area (Å²) in [6.45, 7) is 0.238. The quantitative estimate of drug-likeness (QED) is 0.659. The maximum atomic E-state index is 12.1. The number of carboxylic acid groups (broad SMARTS) is 1. The summed E-state index contributed by atoms with van der Waals surface area (Å²) in [5, 5.41) is 21.0. The van der Waals surface area contributed by atoms with Crippen molar-refractivity contribution >= 4 is 16.0 Å². The average Bonchev–Trinajstić information content (AvgIpc) is 2.82. The molecule has 0 aliphatic carbocycles. The van der Waals surface area contributed by atoms with Gasteiger partial charge in [0.25, 0.3) is 0 Å². The summed E-state index contributed by atoms with van der Waals surface area (Å²) >= 11 is 0. The summed E-state index contributed by atoms with van der Waals surface area (Å²) in [6.07, 6.45) is 2.71. The summed E-state index contributed by atoms with van der Waals surface area (Å²) in [4.78, 5) is 10.4. The number of aryl methyl sites for hydroxylation is 1. The van der Waals surface area contributed by atoms with Crippen molar-refractivity contribution in [3.63, 3.8) is 0 Å². The van der Waals surface area contributed by atoms with Crippen LogP contribution in [0.25, 0.3) is 0 Å². The Kier molecular flexibility index (Phi) is 5.45. The number of rotatable bonds is 8. The molecule has 0 spiro atoms. The normalized spacial score (nSPS) is 11.9. The maximum absolute atomic E-state index is 12.1. The molecule has 0 unspecified atom stereocenters. The zero-order valence-corrected chi connectivity index (χ0v) is 11.4. The number of hydrogen-bond acceptors (Lipinski definition) is 5. The number of carbonyl (C=O) groups is 1. The van der Waals surface area contributed by atoms with Crippen LogP contribution in [0.2, 0.25) is 0 Å². The lowest BCUT2D eigenvalue weighted by Gasteiger charge is -2.14. The third kappa shape index (κ3) is 4.30. The highest BCUT2D eigenvalue weighted by atomic mass is 32.2. The predicted octanol–water partition coefficient (Wildman–Crippen LogP) is -0.639. The van der Waals surface area contributed by atoms with Gasteiger partial charge in [-0.3, -0.25) is 9.48 Å². The first-order valence-corrected chi connectivity index (χ1v) is 7.13. The fourth-order valence-electron chi connectivity index (χ4n) is 1.40. The lowest BCUT2D eigenvalue weighted by Crippen LogP contribution is -2.28. The topological polar surface area (TPSA) is 113 Å². The van der Waals surface area contributed by atoms with Gasteiger partial charge in [0.1, 0.15) is 4.90 Å². The molecule has 0 atom stereocenters. The summed E-state index contributed by atoms with van der Waals surface area (Å²) in [5.74, 6) is -0.972. The number of aliphatic carboxylic acids is 1. The summed E-state index contributed by atoms with van der Waals surface area (Å²) in [6, 6.07) is 0. The average molecular weight is 291 g/mol. The van der Waals surface area contributed by atoms with Gasteiger partial charge in [-0.1, -0.05) is 0 Å². The summed E-state index contributed by atoms with van der Waals surface area (Å²) < 4.78 is 26.5. The van der Waals surface area contributed by atoms with Gasteiger partial charge in [-0.25, -0.2) is 12.7 Å². The molecular formula is C10H17N3O5S. The van der Waals surface area contributed by atoms with Crippen molar-refractivity contribution in [3.05, 3.63) is 12.4 Å². The summed E-state index contributed by atoms with van der Waals surface area (Å²) in [7, 11) is -2.22.